The second-order valence-corrected chi connectivity index (χ2v) is 3.77. The first kappa shape index (κ1) is 11.0. The third kappa shape index (κ3) is 6.36. The molecule has 1 heteroatoms. The molecule has 0 bridgehead atoms. The van der Waals surface area contributed by atoms with Gasteiger partial charge in [0.2, 0.25) is 0 Å². The van der Waals surface area contributed by atoms with Gasteiger partial charge in [-0.05, 0) is 20.3 Å². The molecule has 0 rings (SSSR count). The molecule has 0 aromatic heterocycles. The highest BCUT2D eigenvalue weighted by Gasteiger charge is 2.14. The van der Waals surface area contributed by atoms with Crippen LogP contribution in [0.25, 0.3) is 0 Å². The zero-order valence-electron chi connectivity index (χ0n) is 8.44. The average molecular weight is 158 g/mol. The van der Waals surface area contributed by atoms with Crippen molar-refractivity contribution in [2.45, 2.75) is 58.5 Å². The zero-order chi connectivity index (χ0) is 8.74. The third-order valence-corrected chi connectivity index (χ3v) is 2.18. The third-order valence-electron chi connectivity index (χ3n) is 2.18. The number of methoxy groups -OCH3 is 1. The van der Waals surface area contributed by atoms with E-state index in [0.29, 0.717) is 0 Å². The van der Waals surface area contributed by atoms with Gasteiger partial charge in [0.15, 0.2) is 0 Å². The van der Waals surface area contributed by atoms with E-state index in [2.05, 4.69) is 20.8 Å². The van der Waals surface area contributed by atoms with Crippen LogP contribution >= 0.6 is 0 Å². The van der Waals surface area contributed by atoms with Crippen LogP contribution in [0.2, 0.25) is 0 Å². The van der Waals surface area contributed by atoms with Gasteiger partial charge in [-0.25, -0.2) is 0 Å². The lowest BCUT2D eigenvalue weighted by atomic mass is 10.0. The molecule has 0 radical (unpaired) electrons. The van der Waals surface area contributed by atoms with Crippen LogP contribution in [0.4, 0.5) is 0 Å². The molecule has 0 N–H and O–H groups in total. The molecule has 0 fully saturated rings. The van der Waals surface area contributed by atoms with Crippen LogP contribution in [-0.2, 0) is 4.74 Å². The topological polar surface area (TPSA) is 9.23 Å². The summed E-state index contributed by atoms with van der Waals surface area (Å²) in [6.45, 7) is 6.54. The summed E-state index contributed by atoms with van der Waals surface area (Å²) in [7, 11) is 1.79. The lowest BCUT2D eigenvalue weighted by Gasteiger charge is -2.22. The minimum atomic E-state index is 0.0910. The molecule has 0 unspecified atom stereocenters. The number of rotatable bonds is 6. The van der Waals surface area contributed by atoms with Crippen molar-refractivity contribution in [1.82, 2.24) is 0 Å². The van der Waals surface area contributed by atoms with Crippen molar-refractivity contribution in [1.29, 1.82) is 0 Å². The van der Waals surface area contributed by atoms with Crippen LogP contribution in [0.15, 0.2) is 0 Å². The maximum absolute atomic E-state index is 5.32. The van der Waals surface area contributed by atoms with Crippen molar-refractivity contribution in [3.8, 4) is 0 Å². The second-order valence-electron chi connectivity index (χ2n) is 3.77. The van der Waals surface area contributed by atoms with Gasteiger partial charge in [0, 0.05) is 7.11 Å². The van der Waals surface area contributed by atoms with Gasteiger partial charge in [-0.15, -0.1) is 0 Å². The van der Waals surface area contributed by atoms with E-state index >= 15 is 0 Å². The first-order chi connectivity index (χ1) is 5.12. The lowest BCUT2D eigenvalue weighted by Crippen LogP contribution is -2.21. The van der Waals surface area contributed by atoms with Gasteiger partial charge in [0.1, 0.15) is 0 Å². The normalized spacial score (nSPS) is 12.0. The molecule has 11 heavy (non-hydrogen) atoms. The molecule has 0 aliphatic rings. The van der Waals surface area contributed by atoms with E-state index in [9.17, 15) is 0 Å². The minimum absolute atomic E-state index is 0.0910. The monoisotopic (exact) mass is 158 g/mol. The fourth-order valence-corrected chi connectivity index (χ4v) is 1.08. The molecule has 0 atom stereocenters. The van der Waals surface area contributed by atoms with Crippen LogP contribution < -0.4 is 0 Å². The molecule has 0 spiro atoms. The summed E-state index contributed by atoms with van der Waals surface area (Å²) in [5, 5.41) is 0. The fraction of sp³-hybridized carbons (Fsp3) is 1.00. The highest BCUT2D eigenvalue weighted by molar-refractivity contribution is 4.66. The van der Waals surface area contributed by atoms with E-state index in [1.165, 1.54) is 32.1 Å². The fourth-order valence-electron chi connectivity index (χ4n) is 1.08. The van der Waals surface area contributed by atoms with E-state index in [1.807, 2.05) is 0 Å². The zero-order valence-corrected chi connectivity index (χ0v) is 8.44. The summed E-state index contributed by atoms with van der Waals surface area (Å²) in [6, 6.07) is 0. The van der Waals surface area contributed by atoms with Crippen LogP contribution in [0.3, 0.4) is 0 Å². The van der Waals surface area contributed by atoms with Crippen LogP contribution in [0, 0.1) is 0 Å². The van der Waals surface area contributed by atoms with Crippen LogP contribution in [0.5, 0.6) is 0 Å². The first-order valence-corrected chi connectivity index (χ1v) is 4.67. The smallest absolute Gasteiger partial charge is 0.0622 e. The Morgan fingerprint density at radius 3 is 2.18 bits per heavy atom. The molecule has 0 aliphatic carbocycles. The number of ether oxygens (including phenoxy) is 1. The van der Waals surface area contributed by atoms with Gasteiger partial charge >= 0.3 is 0 Å². The average Bonchev–Trinajstić information content (AvgIpc) is 1.99. The predicted octanol–water partition coefficient (Wildman–Crippen LogP) is 3.38. The van der Waals surface area contributed by atoms with Gasteiger partial charge in [-0.3, -0.25) is 0 Å². The standard InChI is InChI=1S/C10H22O/c1-5-6-7-8-9-10(2,3)11-4/h5-9H2,1-4H3. The molecule has 0 aliphatic heterocycles. The van der Waals surface area contributed by atoms with E-state index in [4.69, 9.17) is 4.74 Å². The lowest BCUT2D eigenvalue weighted by molar-refractivity contribution is 0.0134. The Morgan fingerprint density at radius 1 is 1.09 bits per heavy atom. The Balaban J connectivity index is 3.23. The first-order valence-electron chi connectivity index (χ1n) is 4.67. The highest BCUT2D eigenvalue weighted by Crippen LogP contribution is 2.17. The van der Waals surface area contributed by atoms with E-state index in [-0.39, 0.29) is 5.60 Å². The highest BCUT2D eigenvalue weighted by atomic mass is 16.5. The Bertz CT molecular complexity index is 86.9. The maximum atomic E-state index is 5.32. The quantitative estimate of drug-likeness (QED) is 0.538. The Kier molecular flexibility index (Phi) is 5.57. The summed E-state index contributed by atoms with van der Waals surface area (Å²) in [4.78, 5) is 0. The van der Waals surface area contributed by atoms with Gasteiger partial charge in [-0.1, -0.05) is 32.6 Å². The maximum Gasteiger partial charge on any atom is 0.0622 e. The van der Waals surface area contributed by atoms with Gasteiger partial charge in [0.05, 0.1) is 5.60 Å². The molecular weight excluding hydrogens is 136 g/mol. The van der Waals surface area contributed by atoms with Crippen LogP contribution in [0.1, 0.15) is 52.9 Å². The van der Waals surface area contributed by atoms with Crippen molar-refractivity contribution in [3.63, 3.8) is 0 Å². The van der Waals surface area contributed by atoms with Crippen molar-refractivity contribution in [3.05, 3.63) is 0 Å². The molecule has 0 aromatic carbocycles. The van der Waals surface area contributed by atoms with Gasteiger partial charge in [0.25, 0.3) is 0 Å². The Morgan fingerprint density at radius 2 is 1.73 bits per heavy atom. The van der Waals surface area contributed by atoms with E-state index in [0.717, 1.165) is 0 Å². The van der Waals surface area contributed by atoms with Gasteiger partial charge < -0.3 is 4.74 Å². The molecule has 0 saturated heterocycles. The number of hydrogen-bond donors (Lipinski definition) is 0. The number of hydrogen-bond acceptors (Lipinski definition) is 1. The summed E-state index contributed by atoms with van der Waals surface area (Å²) < 4.78 is 5.32. The largest absolute Gasteiger partial charge is 0.379 e. The van der Waals surface area contributed by atoms with Crippen molar-refractivity contribution >= 4 is 0 Å². The Labute approximate surface area is 71.1 Å². The summed E-state index contributed by atoms with van der Waals surface area (Å²) >= 11 is 0. The van der Waals surface area contributed by atoms with Gasteiger partial charge in [-0.2, -0.15) is 0 Å². The van der Waals surface area contributed by atoms with Crippen molar-refractivity contribution < 1.29 is 4.74 Å². The minimum Gasteiger partial charge on any atom is -0.379 e. The molecule has 0 saturated carbocycles. The summed E-state index contributed by atoms with van der Waals surface area (Å²) in [6.07, 6.45) is 6.51. The molecule has 68 valence electrons. The van der Waals surface area contributed by atoms with Crippen LogP contribution in [-0.4, -0.2) is 12.7 Å². The predicted molar refractivity (Wildman–Crippen MR) is 49.8 cm³/mol. The molecule has 0 amide bonds. The van der Waals surface area contributed by atoms with Crippen molar-refractivity contribution in [2.24, 2.45) is 0 Å². The van der Waals surface area contributed by atoms with Crippen molar-refractivity contribution in [2.75, 3.05) is 7.11 Å². The van der Waals surface area contributed by atoms with E-state index < -0.39 is 0 Å². The number of unbranched alkanes of at least 4 members (excludes halogenated alkanes) is 3. The molecule has 0 aromatic rings. The molecule has 1 nitrogen and oxygen atoms in total. The SMILES string of the molecule is CCCCCCC(C)(C)OC. The Hall–Kier alpha value is -0.0400. The summed E-state index contributed by atoms with van der Waals surface area (Å²) in [5.41, 5.74) is 0.0910. The molecular formula is C10H22O. The summed E-state index contributed by atoms with van der Waals surface area (Å²) in [5.74, 6) is 0. The molecule has 0 heterocycles. The van der Waals surface area contributed by atoms with E-state index in [1.54, 1.807) is 7.11 Å². The second kappa shape index (κ2) is 5.59.